The second kappa shape index (κ2) is 31.1. The van der Waals surface area contributed by atoms with E-state index in [0.717, 1.165) is 40.9 Å². The predicted molar refractivity (Wildman–Crippen MR) is 322 cm³/mol. The number of nitrogens with two attached hydrogens (primary N) is 2. The van der Waals surface area contributed by atoms with Crippen molar-refractivity contribution >= 4 is 87.8 Å². The molecule has 426 valence electrons. The number of amides is 1. The van der Waals surface area contributed by atoms with Gasteiger partial charge in [-0.1, -0.05) is 48.5 Å². The Kier molecular flexibility index (Phi) is 27.1. The minimum absolute atomic E-state index is 0. The third-order valence-electron chi connectivity index (χ3n) is 13.4. The van der Waals surface area contributed by atoms with Crippen LogP contribution in [0.5, 0.6) is 0 Å². The van der Waals surface area contributed by atoms with Gasteiger partial charge in [0.2, 0.25) is 0 Å². The number of nitrogen functional groups attached to an aromatic ring is 2. The van der Waals surface area contributed by atoms with Crippen molar-refractivity contribution in [3.05, 3.63) is 158 Å². The van der Waals surface area contributed by atoms with Crippen LogP contribution >= 0.6 is 62.1 Å². The summed E-state index contributed by atoms with van der Waals surface area (Å²) in [6.45, 7) is 13.4. The molecule has 5 aliphatic heterocycles. The number of hydrogen-bond donors (Lipinski definition) is 5. The molecule has 0 spiro atoms. The van der Waals surface area contributed by atoms with Crippen LogP contribution < -0.4 is 41.0 Å². The quantitative estimate of drug-likeness (QED) is 0.0405. The molecule has 80 heavy (non-hydrogen) atoms. The molecule has 5 fully saturated rings. The third-order valence-corrected chi connectivity index (χ3v) is 16.3. The van der Waals surface area contributed by atoms with Gasteiger partial charge < -0.3 is 73.7 Å². The van der Waals surface area contributed by atoms with Gasteiger partial charge in [0, 0.05) is 68.8 Å². The summed E-state index contributed by atoms with van der Waals surface area (Å²) in [6, 6.07) is 37.1. The standard InChI is InChI=1S/C26H29NO5S.C18H16INS.C12H19NO6.CH3.B.Ce.3ClH.Na.H/c1-14-7-8-16(21(28)23-22(29)24-25(30-23)32-26(2,3)31-24)11-17(14)13-19-9-10-20(33-19)15-5-4-6-18(27)12-15;1-12-5-6-15(19)9-14(12)11-17-7-8-18(21-17)13-3-2-4-16(20)10-13;1-12(2)18-9-7(14)8(17-11(9)19-12)10(15)13-3-5-16-6-4-13;;;;;;;;/h4-12,21-25,28-29H,13,27H2,1-3H3;2-10H,11,20H2,1H3;7-9,11,14H,3-6H2,1-2H3;1H3;;;3*1H;;/q;;;-1;;+3;;;;+1;-1/p-3/t21?,22-,23+,24+,25+;;7-,8-,9+,11+;;;;;;;;/m1.1......../s1. The number of carbonyl (C=O) groups is 1. The molecule has 5 saturated heterocycles. The van der Waals surface area contributed by atoms with E-state index in [1.165, 1.54) is 39.8 Å². The van der Waals surface area contributed by atoms with E-state index in [0.29, 0.717) is 31.9 Å². The molecule has 0 saturated carbocycles. The number of anilines is 2. The van der Waals surface area contributed by atoms with Crippen molar-refractivity contribution in [1.29, 1.82) is 0 Å². The molecule has 0 bridgehead atoms. The maximum atomic E-state index is 12.3. The molecule has 6 aromatic rings. The fourth-order valence-electron chi connectivity index (χ4n) is 9.54. The van der Waals surface area contributed by atoms with E-state index in [9.17, 15) is 20.1 Å². The maximum Gasteiger partial charge on any atom is 1.00 e. The van der Waals surface area contributed by atoms with Crippen LogP contribution in [0.1, 0.15) is 72.8 Å². The minimum Gasteiger partial charge on any atom is -1.00 e. The van der Waals surface area contributed by atoms with Gasteiger partial charge >= 0.3 is 77.1 Å². The zero-order valence-corrected chi connectivity index (χ0v) is 57.1. The van der Waals surface area contributed by atoms with Gasteiger partial charge in [0.05, 0.1) is 13.2 Å². The average molecular weight is 1440 g/mol. The van der Waals surface area contributed by atoms with Crippen LogP contribution in [0.3, 0.4) is 0 Å². The Balaban J connectivity index is 0.000000257. The molecule has 1 amide bonds. The van der Waals surface area contributed by atoms with E-state index >= 15 is 0 Å². The number of aliphatic hydroxyl groups excluding tert-OH is 3. The molecular formula is C57H68BCeCl3IN3NaO11S2-. The van der Waals surface area contributed by atoms with Crippen LogP contribution in [0.15, 0.2) is 109 Å². The summed E-state index contributed by atoms with van der Waals surface area (Å²) in [4.78, 5) is 19.0. The molecule has 4 aromatic carbocycles. The van der Waals surface area contributed by atoms with Crippen LogP contribution in [-0.4, -0.2) is 122 Å². The monoisotopic (exact) mass is 1440 g/mol. The predicted octanol–water partition coefficient (Wildman–Crippen LogP) is 8.01. The summed E-state index contributed by atoms with van der Waals surface area (Å²) in [5.41, 5.74) is 36.5. The second-order valence-electron chi connectivity index (χ2n) is 20.1. The van der Waals surface area contributed by atoms with E-state index in [4.69, 9.17) is 61.5 Å². The Bertz CT molecular complexity index is 2980. The van der Waals surface area contributed by atoms with Crippen molar-refractivity contribution in [3.8, 4) is 20.9 Å². The fourth-order valence-corrected chi connectivity index (χ4v) is 12.1. The zero-order valence-electron chi connectivity index (χ0n) is 46.9. The molecule has 7 N–H and O–H groups in total. The van der Waals surface area contributed by atoms with Crippen LogP contribution in [0, 0.1) is 55.5 Å². The number of carbonyl (C=O) groups excluding carboxylic acids is 1. The Morgan fingerprint density at radius 2 is 1.20 bits per heavy atom. The van der Waals surface area contributed by atoms with E-state index in [2.05, 4.69) is 91.0 Å². The topological polar surface area (TPSA) is 198 Å². The van der Waals surface area contributed by atoms with Crippen molar-refractivity contribution in [3.63, 3.8) is 0 Å². The SMILES string of the molecule is CC1(C)O[C@@H]2O[C@@H](C(=O)N3CCOCC3)[C@@H](O)[C@@H]2O1.Cc1ccc(C(O)[C@@H]2O[C@H]3OC(C)(C)O[C@H]3[C@@H]2O)cc1Cc1ccc(-c2cccc(N)c2)s1.Cc1ccc(I)cc1Cc1ccc(-c2cccc(N)c2)s1.[B].[CH3-].[Cl][Ce]([Cl])[Cl].[H-].[Na+]. The molecule has 14 nitrogen and oxygen atoms in total. The number of halogens is 4. The first kappa shape index (κ1) is 69.8. The summed E-state index contributed by atoms with van der Waals surface area (Å²) in [5.74, 6) is -1.83. The molecule has 7 heterocycles. The molecule has 3 radical (unpaired) electrons. The van der Waals surface area contributed by atoms with Crippen LogP contribution in [0.2, 0.25) is 0 Å². The number of aryl methyl sites for hydroxylation is 2. The molecule has 9 atom stereocenters. The van der Waals surface area contributed by atoms with Gasteiger partial charge in [0.1, 0.15) is 36.6 Å². The molecule has 2 aromatic heterocycles. The first-order valence-electron chi connectivity index (χ1n) is 25.0. The molecule has 1 unspecified atom stereocenters. The summed E-state index contributed by atoms with van der Waals surface area (Å²) >= 11 is 3.71. The number of thiophene rings is 2. The van der Waals surface area contributed by atoms with E-state index in [-0.39, 0.29) is 52.7 Å². The first-order chi connectivity index (χ1) is 36.5. The third kappa shape index (κ3) is 18.5. The van der Waals surface area contributed by atoms with Crippen molar-refractivity contribution in [2.24, 2.45) is 0 Å². The molecule has 5 aliphatic rings. The van der Waals surface area contributed by atoms with Crippen molar-refractivity contribution < 1.29 is 115 Å². The molecule has 0 aliphatic carbocycles. The van der Waals surface area contributed by atoms with Gasteiger partial charge in [-0.05, 0) is 164 Å². The number of rotatable bonds is 9. The van der Waals surface area contributed by atoms with Crippen molar-refractivity contribution in [1.82, 2.24) is 4.90 Å². The summed E-state index contributed by atoms with van der Waals surface area (Å²) in [7, 11) is 0. The van der Waals surface area contributed by atoms with Crippen LogP contribution in [0.25, 0.3) is 20.9 Å². The van der Waals surface area contributed by atoms with E-state index in [1.807, 2.05) is 65.9 Å². The molecule has 23 heteroatoms. The van der Waals surface area contributed by atoms with Gasteiger partial charge in [-0.2, -0.15) is 0 Å². The number of aliphatic hydroxyl groups is 3. The first-order valence-corrected chi connectivity index (χ1v) is 39.6. The number of ether oxygens (including phenoxy) is 7. The number of hydrogen-bond acceptors (Lipinski definition) is 15. The van der Waals surface area contributed by atoms with E-state index in [1.54, 1.807) is 43.9 Å². The van der Waals surface area contributed by atoms with Crippen molar-refractivity contribution in [2.45, 2.75) is 121 Å². The number of benzene rings is 4. The Labute approximate surface area is 538 Å². The van der Waals surface area contributed by atoms with Gasteiger partial charge in [-0.25, -0.2) is 0 Å². The van der Waals surface area contributed by atoms with E-state index < -0.39 is 97.5 Å². The smallest absolute Gasteiger partial charge is 1.00 e. The van der Waals surface area contributed by atoms with Crippen LogP contribution in [0.4, 0.5) is 11.4 Å². The zero-order chi connectivity index (χ0) is 55.3. The van der Waals surface area contributed by atoms with Gasteiger partial charge in [-0.15, -0.1) is 22.7 Å². The van der Waals surface area contributed by atoms with Gasteiger partial charge in [0.25, 0.3) is 5.91 Å². The number of morpholine rings is 1. The average Bonchev–Trinajstić information content (AvgIpc) is 4.45. The summed E-state index contributed by atoms with van der Waals surface area (Å²) < 4.78 is 40.4. The fraction of sp³-hybridized carbons (Fsp3) is 0.404. The van der Waals surface area contributed by atoms with Crippen LogP contribution in [-0.2, 0) is 50.8 Å². The number of nitrogens with zero attached hydrogens (tertiary/aromatic N) is 1. The summed E-state index contributed by atoms with van der Waals surface area (Å²) in [6.07, 6.45) is -5.53. The Hall–Kier alpha value is -1.01. The Morgan fingerprint density at radius 3 is 1.69 bits per heavy atom. The molecule has 11 rings (SSSR count). The van der Waals surface area contributed by atoms with Crippen molar-refractivity contribution in [2.75, 3.05) is 37.8 Å². The summed E-state index contributed by atoms with van der Waals surface area (Å²) in [5, 5.41) is 31.9. The van der Waals surface area contributed by atoms with Gasteiger partial charge in [0.15, 0.2) is 30.3 Å². The maximum absolute atomic E-state index is 12.3. The molecular weight excluding hydrogens is 1370 g/mol. The van der Waals surface area contributed by atoms with Gasteiger partial charge in [-0.3, -0.25) is 4.79 Å². The largest absolute Gasteiger partial charge is 1.00 e. The Morgan fingerprint density at radius 1 is 0.725 bits per heavy atom. The minimum atomic E-state index is -2.24. The normalized spacial score (nSPS) is 24.1. The number of fused-ring (bicyclic) bond motifs is 2. The second-order valence-corrected chi connectivity index (χ2v) is 37.5.